The highest BCUT2D eigenvalue weighted by Crippen LogP contribution is 2.25. The largest absolute Gasteiger partial charge is 0.336 e. The lowest BCUT2D eigenvalue weighted by Crippen LogP contribution is -2.38. The number of amides is 2. The number of hydrogen-bond donors (Lipinski definition) is 1. The van der Waals surface area contributed by atoms with Gasteiger partial charge in [0.2, 0.25) is 0 Å². The molecule has 0 unspecified atom stereocenters. The van der Waals surface area contributed by atoms with Crippen LogP contribution in [0.5, 0.6) is 0 Å². The number of anilines is 1. The summed E-state index contributed by atoms with van der Waals surface area (Å²) in [5.74, 6) is -1.95. The summed E-state index contributed by atoms with van der Waals surface area (Å²) >= 11 is 0. The van der Waals surface area contributed by atoms with E-state index in [4.69, 9.17) is 0 Å². The van der Waals surface area contributed by atoms with Crippen LogP contribution in [0.2, 0.25) is 0 Å². The predicted octanol–water partition coefficient (Wildman–Crippen LogP) is 3.59. The van der Waals surface area contributed by atoms with E-state index in [0.717, 1.165) is 42.4 Å². The number of nitrogens with zero attached hydrogens (tertiary/aromatic N) is 2. The number of piperidine rings is 1. The van der Waals surface area contributed by atoms with Gasteiger partial charge in [-0.15, -0.1) is 0 Å². The van der Waals surface area contributed by atoms with Gasteiger partial charge >= 0.3 is 6.03 Å². The van der Waals surface area contributed by atoms with Gasteiger partial charge in [-0.05, 0) is 55.3 Å². The van der Waals surface area contributed by atoms with Gasteiger partial charge in [-0.2, -0.15) is 0 Å². The highest BCUT2D eigenvalue weighted by atomic mass is 19.1. The second-order valence-electron chi connectivity index (χ2n) is 7.61. The number of carbonyl (C=O) groups excluding carboxylic acids is 2. The Morgan fingerprint density at radius 2 is 1.90 bits per heavy atom. The smallest absolute Gasteiger partial charge is 0.321 e. The maximum atomic E-state index is 14.0. The number of benzene rings is 2. The molecular weight excluding hydrogens is 376 g/mol. The number of ketones is 1. The zero-order valence-corrected chi connectivity index (χ0v) is 16.0. The molecule has 0 spiro atoms. The van der Waals surface area contributed by atoms with Crippen molar-refractivity contribution in [2.75, 3.05) is 31.1 Å². The van der Waals surface area contributed by atoms with Crippen LogP contribution in [0.4, 0.5) is 19.3 Å². The number of carbonyl (C=O) groups is 2. The van der Waals surface area contributed by atoms with Crippen LogP contribution < -0.4 is 10.2 Å². The van der Waals surface area contributed by atoms with E-state index in [2.05, 4.69) is 10.2 Å². The molecule has 7 heteroatoms. The third-order valence-corrected chi connectivity index (χ3v) is 5.58. The molecule has 2 saturated heterocycles. The predicted molar refractivity (Wildman–Crippen MR) is 106 cm³/mol. The van der Waals surface area contributed by atoms with Crippen molar-refractivity contribution in [2.45, 2.75) is 19.4 Å². The first-order valence-electron chi connectivity index (χ1n) is 9.87. The van der Waals surface area contributed by atoms with Crippen molar-refractivity contribution in [1.82, 2.24) is 10.2 Å². The first kappa shape index (κ1) is 19.5. The van der Waals surface area contributed by atoms with Crippen molar-refractivity contribution in [3.63, 3.8) is 0 Å². The van der Waals surface area contributed by atoms with Crippen molar-refractivity contribution in [1.29, 1.82) is 0 Å². The quantitative estimate of drug-likeness (QED) is 0.782. The molecule has 0 aromatic heterocycles. The topological polar surface area (TPSA) is 52.7 Å². The molecule has 152 valence electrons. The van der Waals surface area contributed by atoms with Crippen LogP contribution >= 0.6 is 0 Å². The minimum atomic E-state index is -0.671. The zero-order chi connectivity index (χ0) is 20.4. The summed E-state index contributed by atoms with van der Waals surface area (Å²) in [5.41, 5.74) is 1.78. The minimum absolute atomic E-state index is 0.0836. The molecule has 5 nitrogen and oxygen atoms in total. The fourth-order valence-electron chi connectivity index (χ4n) is 4.08. The van der Waals surface area contributed by atoms with Gasteiger partial charge in [0.15, 0.2) is 5.78 Å². The van der Waals surface area contributed by atoms with Gasteiger partial charge in [0.25, 0.3) is 0 Å². The molecule has 1 atom stereocenters. The van der Waals surface area contributed by atoms with E-state index in [0.29, 0.717) is 32.6 Å². The molecular formula is C22H23F2N3O2. The Hall–Kier alpha value is -2.80. The van der Waals surface area contributed by atoms with Gasteiger partial charge in [0.1, 0.15) is 11.6 Å². The average molecular weight is 399 g/mol. The normalized spacial score (nSPS) is 20.0. The van der Waals surface area contributed by atoms with E-state index in [1.54, 1.807) is 4.90 Å². The lowest BCUT2D eigenvalue weighted by atomic mass is 9.89. The number of halogens is 2. The second-order valence-corrected chi connectivity index (χ2v) is 7.61. The van der Waals surface area contributed by atoms with E-state index < -0.39 is 11.6 Å². The molecule has 2 fully saturated rings. The summed E-state index contributed by atoms with van der Waals surface area (Å²) in [5, 5.41) is 2.78. The van der Waals surface area contributed by atoms with Gasteiger partial charge in [0, 0.05) is 37.8 Å². The van der Waals surface area contributed by atoms with Crippen LogP contribution in [0, 0.1) is 17.6 Å². The zero-order valence-electron chi connectivity index (χ0n) is 16.0. The molecule has 2 heterocycles. The van der Waals surface area contributed by atoms with Crippen molar-refractivity contribution >= 4 is 17.5 Å². The fraction of sp³-hybridized carbons (Fsp3) is 0.364. The standard InChI is InChI=1S/C22H23F2N3O2/c23-17-5-8-20(24)19(12-17)21(28)16-2-1-10-26(14-16)13-15-3-6-18(7-4-15)27-11-9-25-22(27)29/h3-8,12,16H,1-2,9-11,13-14H2,(H,25,29)/t16-/m0/s1. The second kappa shape index (κ2) is 8.29. The Kier molecular flexibility index (Phi) is 5.58. The van der Waals surface area contributed by atoms with Gasteiger partial charge in [-0.3, -0.25) is 14.6 Å². The summed E-state index contributed by atoms with van der Waals surface area (Å²) in [4.78, 5) is 28.3. The van der Waals surface area contributed by atoms with E-state index in [1.165, 1.54) is 0 Å². The molecule has 29 heavy (non-hydrogen) atoms. The summed E-state index contributed by atoms with van der Waals surface area (Å²) in [7, 11) is 0. The highest BCUT2D eigenvalue weighted by Gasteiger charge is 2.28. The number of Topliss-reactive ketones (excluding diaryl/α,β-unsaturated/α-hetero) is 1. The lowest BCUT2D eigenvalue weighted by Gasteiger charge is -2.32. The SMILES string of the molecule is O=C(c1cc(F)ccc1F)[C@H]1CCCN(Cc2ccc(N3CCNC3=O)cc2)C1. The summed E-state index contributed by atoms with van der Waals surface area (Å²) < 4.78 is 27.4. The maximum absolute atomic E-state index is 14.0. The Bertz CT molecular complexity index is 917. The third-order valence-electron chi connectivity index (χ3n) is 5.58. The minimum Gasteiger partial charge on any atom is -0.336 e. The molecule has 0 bridgehead atoms. The van der Waals surface area contributed by atoms with Crippen LogP contribution in [0.15, 0.2) is 42.5 Å². The van der Waals surface area contributed by atoms with Crippen LogP contribution in [0.3, 0.4) is 0 Å². The van der Waals surface area contributed by atoms with E-state index in [-0.39, 0.29) is 23.3 Å². The number of nitrogens with one attached hydrogen (secondary N) is 1. The number of likely N-dealkylation sites (tertiary alicyclic amines) is 1. The van der Waals surface area contributed by atoms with Gasteiger partial charge in [-0.1, -0.05) is 12.1 Å². The van der Waals surface area contributed by atoms with E-state index >= 15 is 0 Å². The highest BCUT2D eigenvalue weighted by molar-refractivity contribution is 5.98. The number of hydrogen-bond acceptors (Lipinski definition) is 3. The maximum Gasteiger partial charge on any atom is 0.321 e. The molecule has 2 amide bonds. The molecule has 4 rings (SSSR count). The summed E-state index contributed by atoms with van der Waals surface area (Å²) in [6.45, 7) is 3.35. The monoisotopic (exact) mass is 399 g/mol. The molecule has 2 aromatic carbocycles. The molecule has 0 aliphatic carbocycles. The van der Waals surface area contributed by atoms with Gasteiger partial charge in [0.05, 0.1) is 5.56 Å². The first-order chi connectivity index (χ1) is 14.0. The van der Waals surface area contributed by atoms with Crippen LogP contribution in [0.1, 0.15) is 28.8 Å². The van der Waals surface area contributed by atoms with Crippen molar-refractivity contribution in [3.8, 4) is 0 Å². The Balaban J connectivity index is 1.40. The van der Waals surface area contributed by atoms with Crippen molar-refractivity contribution < 1.29 is 18.4 Å². The Labute approximate surface area is 168 Å². The third kappa shape index (κ3) is 4.29. The molecule has 2 aromatic rings. The number of rotatable bonds is 5. The lowest BCUT2D eigenvalue weighted by molar-refractivity contribution is 0.0807. The average Bonchev–Trinajstić information content (AvgIpc) is 3.16. The summed E-state index contributed by atoms with van der Waals surface area (Å²) in [6.07, 6.45) is 1.51. The number of urea groups is 1. The Morgan fingerprint density at radius 1 is 1.10 bits per heavy atom. The molecule has 0 saturated carbocycles. The molecule has 1 N–H and O–H groups in total. The van der Waals surface area contributed by atoms with E-state index in [1.807, 2.05) is 24.3 Å². The van der Waals surface area contributed by atoms with Crippen LogP contribution in [0.25, 0.3) is 0 Å². The fourth-order valence-corrected chi connectivity index (χ4v) is 4.08. The summed E-state index contributed by atoms with van der Waals surface area (Å²) in [6, 6.07) is 10.8. The molecule has 0 radical (unpaired) electrons. The van der Waals surface area contributed by atoms with Crippen LogP contribution in [-0.2, 0) is 6.54 Å². The molecule has 2 aliphatic heterocycles. The first-order valence-corrected chi connectivity index (χ1v) is 9.87. The molecule has 2 aliphatic rings. The van der Waals surface area contributed by atoms with Crippen molar-refractivity contribution in [2.24, 2.45) is 5.92 Å². The van der Waals surface area contributed by atoms with Gasteiger partial charge < -0.3 is 5.32 Å². The van der Waals surface area contributed by atoms with Crippen LogP contribution in [-0.4, -0.2) is 42.9 Å². The van der Waals surface area contributed by atoms with Crippen molar-refractivity contribution in [3.05, 3.63) is 65.2 Å². The Morgan fingerprint density at radius 3 is 2.62 bits per heavy atom. The van der Waals surface area contributed by atoms with E-state index in [9.17, 15) is 18.4 Å². The van der Waals surface area contributed by atoms with Gasteiger partial charge in [-0.25, -0.2) is 13.6 Å².